The number of fused-ring (bicyclic) bond motifs is 1. The first-order chi connectivity index (χ1) is 8.77. The van der Waals surface area contributed by atoms with Gasteiger partial charge in [-0.05, 0) is 24.1 Å². The Morgan fingerprint density at radius 3 is 2.67 bits per heavy atom. The number of H-pyrrole nitrogens is 1. The lowest BCUT2D eigenvalue weighted by Gasteiger charge is -2.04. The maximum Gasteiger partial charge on any atom is 0.162 e. The van der Waals surface area contributed by atoms with Gasteiger partial charge in [0.2, 0.25) is 0 Å². The fourth-order valence-electron chi connectivity index (χ4n) is 2.19. The van der Waals surface area contributed by atoms with Crippen LogP contribution in [0.2, 0.25) is 0 Å². The molecule has 0 aliphatic carbocycles. The second-order valence-corrected chi connectivity index (χ2v) is 4.21. The highest BCUT2D eigenvalue weighted by Gasteiger charge is 2.13. The smallest absolute Gasteiger partial charge is 0.162 e. The Morgan fingerprint density at radius 2 is 1.94 bits per heavy atom. The number of carbonyl (C=O) groups excluding carboxylic acids is 1. The molecule has 0 aliphatic heterocycles. The van der Waals surface area contributed by atoms with E-state index in [0.717, 1.165) is 22.2 Å². The summed E-state index contributed by atoms with van der Waals surface area (Å²) in [5, 5.41) is 0.899. The number of aromatic nitrogens is 2. The van der Waals surface area contributed by atoms with Gasteiger partial charge in [-0.3, -0.25) is 4.79 Å². The minimum Gasteiger partial charge on any atom is -0.345 e. The Morgan fingerprint density at radius 1 is 1.17 bits per heavy atom. The average Bonchev–Trinajstić information content (AvgIpc) is 2.83. The molecule has 0 amide bonds. The maximum absolute atomic E-state index is 11.7. The zero-order valence-corrected chi connectivity index (χ0v) is 9.97. The van der Waals surface area contributed by atoms with E-state index in [1.54, 1.807) is 19.3 Å². The van der Waals surface area contributed by atoms with E-state index in [1.165, 1.54) is 0 Å². The molecule has 0 saturated heterocycles. The third-order valence-corrected chi connectivity index (χ3v) is 3.04. The number of hydrogen-bond donors (Lipinski definition) is 1. The van der Waals surface area contributed by atoms with Crippen molar-refractivity contribution in [2.45, 2.75) is 6.92 Å². The van der Waals surface area contributed by atoms with Gasteiger partial charge < -0.3 is 4.98 Å². The number of aromatic amines is 1. The highest BCUT2D eigenvalue weighted by molar-refractivity contribution is 6.10. The summed E-state index contributed by atoms with van der Waals surface area (Å²) in [7, 11) is 0. The number of benzene rings is 1. The Bertz CT molecular complexity index is 714. The normalized spacial score (nSPS) is 10.7. The minimum absolute atomic E-state index is 0.0476. The van der Waals surface area contributed by atoms with Crippen LogP contribution in [-0.4, -0.2) is 15.8 Å². The van der Waals surface area contributed by atoms with Gasteiger partial charge in [-0.25, -0.2) is 4.98 Å². The van der Waals surface area contributed by atoms with Crippen LogP contribution in [0, 0.1) is 0 Å². The lowest BCUT2D eigenvalue weighted by Crippen LogP contribution is -1.91. The van der Waals surface area contributed by atoms with E-state index in [1.807, 2.05) is 36.4 Å². The summed E-state index contributed by atoms with van der Waals surface area (Å²) in [6.45, 7) is 1.57. The van der Waals surface area contributed by atoms with Crippen LogP contribution in [0.25, 0.3) is 22.2 Å². The highest BCUT2D eigenvalue weighted by atomic mass is 16.1. The second kappa shape index (κ2) is 4.11. The molecule has 0 radical (unpaired) electrons. The number of nitrogens with one attached hydrogen (secondary N) is 1. The van der Waals surface area contributed by atoms with Crippen LogP contribution >= 0.6 is 0 Å². The summed E-state index contributed by atoms with van der Waals surface area (Å²) >= 11 is 0. The molecule has 2 aromatic heterocycles. The van der Waals surface area contributed by atoms with E-state index in [4.69, 9.17) is 0 Å². The lowest BCUT2D eigenvalue weighted by atomic mass is 10.0. The minimum atomic E-state index is 0.0476. The Labute approximate surface area is 104 Å². The monoisotopic (exact) mass is 236 g/mol. The number of carbonyl (C=O) groups is 1. The standard InChI is InChI=1S/C15H12N2O/c1-10(18)13-9-17-15-14(13)12(7-8-16-15)11-5-3-2-4-6-11/h2-9H,1H3,(H,16,17). The Hall–Kier alpha value is -2.42. The predicted molar refractivity (Wildman–Crippen MR) is 71.5 cm³/mol. The van der Waals surface area contributed by atoms with Crippen LogP contribution in [0.1, 0.15) is 17.3 Å². The van der Waals surface area contributed by atoms with Crippen LogP contribution in [0.15, 0.2) is 48.8 Å². The van der Waals surface area contributed by atoms with Crippen molar-refractivity contribution in [2.24, 2.45) is 0 Å². The molecule has 0 bridgehead atoms. The quantitative estimate of drug-likeness (QED) is 0.693. The SMILES string of the molecule is CC(=O)c1c[nH]c2nccc(-c3ccccc3)c12. The molecule has 3 aromatic rings. The second-order valence-electron chi connectivity index (χ2n) is 4.21. The van der Waals surface area contributed by atoms with Gasteiger partial charge in [0.25, 0.3) is 0 Å². The molecule has 0 aliphatic rings. The number of pyridine rings is 1. The third-order valence-electron chi connectivity index (χ3n) is 3.04. The largest absolute Gasteiger partial charge is 0.345 e. The first kappa shape index (κ1) is 10.7. The van der Waals surface area contributed by atoms with E-state index in [-0.39, 0.29) is 5.78 Å². The molecule has 3 rings (SSSR count). The zero-order valence-electron chi connectivity index (χ0n) is 9.97. The first-order valence-corrected chi connectivity index (χ1v) is 5.80. The van der Waals surface area contributed by atoms with Crippen molar-refractivity contribution in [1.29, 1.82) is 0 Å². The number of hydrogen-bond acceptors (Lipinski definition) is 2. The van der Waals surface area contributed by atoms with E-state index in [9.17, 15) is 4.79 Å². The summed E-state index contributed by atoms with van der Waals surface area (Å²) in [6.07, 6.45) is 3.48. The number of rotatable bonds is 2. The number of Topliss-reactive ketones (excluding diaryl/α,β-unsaturated/α-hetero) is 1. The molecule has 0 saturated carbocycles. The molecule has 0 unspecified atom stereocenters. The topological polar surface area (TPSA) is 45.8 Å². The van der Waals surface area contributed by atoms with Gasteiger partial charge >= 0.3 is 0 Å². The van der Waals surface area contributed by atoms with Crippen molar-refractivity contribution in [2.75, 3.05) is 0 Å². The molecule has 2 heterocycles. The fourth-order valence-corrected chi connectivity index (χ4v) is 2.19. The van der Waals surface area contributed by atoms with Crippen LogP contribution in [0.3, 0.4) is 0 Å². The third kappa shape index (κ3) is 1.61. The summed E-state index contributed by atoms with van der Waals surface area (Å²) in [6, 6.07) is 12.0. The summed E-state index contributed by atoms with van der Waals surface area (Å²) in [5.41, 5.74) is 3.57. The predicted octanol–water partition coefficient (Wildman–Crippen LogP) is 3.43. The van der Waals surface area contributed by atoms with Gasteiger partial charge in [0.05, 0.1) is 0 Å². The lowest BCUT2D eigenvalue weighted by molar-refractivity contribution is 0.101. The van der Waals surface area contributed by atoms with Crippen molar-refractivity contribution in [1.82, 2.24) is 9.97 Å². The van der Waals surface area contributed by atoms with Gasteiger partial charge in [-0.15, -0.1) is 0 Å². The van der Waals surface area contributed by atoms with E-state index in [0.29, 0.717) is 5.56 Å². The Balaban J connectivity index is 2.36. The zero-order chi connectivity index (χ0) is 12.5. The summed E-state index contributed by atoms with van der Waals surface area (Å²) < 4.78 is 0. The summed E-state index contributed by atoms with van der Waals surface area (Å²) in [4.78, 5) is 19.0. The molecular weight excluding hydrogens is 224 g/mol. The van der Waals surface area contributed by atoms with E-state index < -0.39 is 0 Å². The fraction of sp³-hybridized carbons (Fsp3) is 0.0667. The van der Waals surface area contributed by atoms with Crippen LogP contribution < -0.4 is 0 Å². The van der Waals surface area contributed by atoms with Gasteiger partial charge in [-0.2, -0.15) is 0 Å². The number of ketones is 1. The summed E-state index contributed by atoms with van der Waals surface area (Å²) in [5.74, 6) is 0.0476. The Kier molecular flexibility index (Phi) is 2.45. The average molecular weight is 236 g/mol. The van der Waals surface area contributed by atoms with Crippen molar-refractivity contribution in [3.8, 4) is 11.1 Å². The van der Waals surface area contributed by atoms with Crippen molar-refractivity contribution in [3.63, 3.8) is 0 Å². The van der Waals surface area contributed by atoms with E-state index >= 15 is 0 Å². The van der Waals surface area contributed by atoms with Gasteiger partial charge in [-0.1, -0.05) is 30.3 Å². The van der Waals surface area contributed by atoms with Crippen molar-refractivity contribution in [3.05, 3.63) is 54.4 Å². The van der Waals surface area contributed by atoms with Gasteiger partial charge in [0.1, 0.15) is 5.65 Å². The van der Waals surface area contributed by atoms with Crippen LogP contribution in [0.4, 0.5) is 0 Å². The molecule has 3 heteroatoms. The van der Waals surface area contributed by atoms with Crippen LogP contribution in [0.5, 0.6) is 0 Å². The number of nitrogens with zero attached hydrogens (tertiary/aromatic N) is 1. The van der Waals surface area contributed by atoms with E-state index in [2.05, 4.69) is 9.97 Å². The maximum atomic E-state index is 11.7. The molecule has 18 heavy (non-hydrogen) atoms. The molecule has 1 aromatic carbocycles. The molecule has 88 valence electrons. The first-order valence-electron chi connectivity index (χ1n) is 5.80. The molecule has 3 nitrogen and oxygen atoms in total. The molecule has 0 fully saturated rings. The van der Waals surface area contributed by atoms with Gasteiger partial charge in [0, 0.05) is 23.3 Å². The van der Waals surface area contributed by atoms with Gasteiger partial charge in [0.15, 0.2) is 5.78 Å². The molecular formula is C15H12N2O. The van der Waals surface area contributed by atoms with Crippen LogP contribution in [-0.2, 0) is 0 Å². The van der Waals surface area contributed by atoms with Crippen molar-refractivity contribution < 1.29 is 4.79 Å². The molecule has 0 spiro atoms. The highest BCUT2D eigenvalue weighted by Crippen LogP contribution is 2.29. The molecule has 0 atom stereocenters. The van der Waals surface area contributed by atoms with Crippen molar-refractivity contribution >= 4 is 16.8 Å². The molecule has 1 N–H and O–H groups in total.